The van der Waals surface area contributed by atoms with Crippen molar-refractivity contribution in [3.63, 3.8) is 0 Å². The van der Waals surface area contributed by atoms with Crippen LogP contribution in [-0.2, 0) is 32.1 Å². The molecule has 2 aromatic heterocycles. The molecule has 0 amide bonds. The predicted molar refractivity (Wildman–Crippen MR) is 110 cm³/mol. The summed E-state index contributed by atoms with van der Waals surface area (Å²) in [5, 5.41) is 0. The number of imidazole rings is 1. The van der Waals surface area contributed by atoms with Crippen molar-refractivity contribution in [2.24, 2.45) is 0 Å². The Hall–Kier alpha value is -2.94. The highest BCUT2D eigenvalue weighted by molar-refractivity contribution is 5.56. The SMILES string of the molecule is CCCCc1ncc(CN2CCc3nc(-c4ccc(C(F)(F)F)cc4)[nH]c(=O)c3C2)[nH]1. The molecule has 0 saturated heterocycles. The summed E-state index contributed by atoms with van der Waals surface area (Å²) in [6.45, 7) is 4.01. The van der Waals surface area contributed by atoms with Crippen LogP contribution < -0.4 is 5.56 Å². The Kier molecular flexibility index (Phi) is 5.95. The van der Waals surface area contributed by atoms with Crippen molar-refractivity contribution in [1.29, 1.82) is 0 Å². The van der Waals surface area contributed by atoms with Crippen LogP contribution in [0.25, 0.3) is 11.4 Å². The number of rotatable bonds is 6. The van der Waals surface area contributed by atoms with Gasteiger partial charge in [-0.2, -0.15) is 13.2 Å². The molecule has 6 nitrogen and oxygen atoms in total. The largest absolute Gasteiger partial charge is 0.416 e. The summed E-state index contributed by atoms with van der Waals surface area (Å²) in [7, 11) is 0. The average Bonchev–Trinajstić information content (AvgIpc) is 3.19. The van der Waals surface area contributed by atoms with Gasteiger partial charge in [-0.3, -0.25) is 9.69 Å². The normalized spacial score (nSPS) is 14.6. The number of alkyl halides is 3. The highest BCUT2D eigenvalue weighted by atomic mass is 19.4. The molecule has 0 radical (unpaired) electrons. The monoisotopic (exact) mass is 431 g/mol. The van der Waals surface area contributed by atoms with Crippen LogP contribution in [0.5, 0.6) is 0 Å². The maximum Gasteiger partial charge on any atom is 0.416 e. The lowest BCUT2D eigenvalue weighted by Gasteiger charge is -2.27. The molecule has 31 heavy (non-hydrogen) atoms. The van der Waals surface area contributed by atoms with E-state index in [4.69, 9.17) is 0 Å². The molecule has 3 heterocycles. The van der Waals surface area contributed by atoms with E-state index >= 15 is 0 Å². The van der Waals surface area contributed by atoms with Gasteiger partial charge in [-0.15, -0.1) is 0 Å². The topological polar surface area (TPSA) is 77.7 Å². The lowest BCUT2D eigenvalue weighted by Crippen LogP contribution is -2.35. The van der Waals surface area contributed by atoms with Gasteiger partial charge in [-0.1, -0.05) is 25.5 Å². The molecule has 0 aliphatic carbocycles. The van der Waals surface area contributed by atoms with Crippen molar-refractivity contribution in [2.75, 3.05) is 6.54 Å². The van der Waals surface area contributed by atoms with Crippen LogP contribution in [0.2, 0.25) is 0 Å². The van der Waals surface area contributed by atoms with Gasteiger partial charge in [-0.05, 0) is 18.6 Å². The number of aromatic nitrogens is 4. The standard InChI is InChI=1S/C22H24F3N5O/c1-2-3-4-19-26-11-16(27-19)12-30-10-9-18-17(13-30)21(31)29-20(28-18)14-5-7-15(8-6-14)22(23,24)25/h5-8,11H,2-4,9-10,12-13H2,1H3,(H,26,27)(H,28,29,31). The molecule has 0 bridgehead atoms. The highest BCUT2D eigenvalue weighted by Gasteiger charge is 2.30. The Morgan fingerprint density at radius 3 is 2.65 bits per heavy atom. The van der Waals surface area contributed by atoms with Crippen molar-refractivity contribution in [2.45, 2.75) is 51.9 Å². The summed E-state index contributed by atoms with van der Waals surface area (Å²) in [6.07, 6.45) is 1.18. The second-order valence-electron chi connectivity index (χ2n) is 7.83. The molecular weight excluding hydrogens is 407 g/mol. The van der Waals surface area contributed by atoms with Gasteiger partial charge >= 0.3 is 6.18 Å². The van der Waals surface area contributed by atoms with Crippen LogP contribution in [-0.4, -0.2) is 31.4 Å². The quantitative estimate of drug-likeness (QED) is 0.617. The molecule has 3 aromatic rings. The number of H-pyrrole nitrogens is 2. The van der Waals surface area contributed by atoms with Crippen LogP contribution in [0, 0.1) is 0 Å². The Morgan fingerprint density at radius 2 is 1.94 bits per heavy atom. The molecule has 0 saturated carbocycles. The van der Waals surface area contributed by atoms with E-state index in [-0.39, 0.29) is 5.56 Å². The number of halogens is 3. The van der Waals surface area contributed by atoms with E-state index in [9.17, 15) is 18.0 Å². The van der Waals surface area contributed by atoms with Gasteiger partial charge in [-0.25, -0.2) is 9.97 Å². The van der Waals surface area contributed by atoms with Crippen LogP contribution in [0.1, 0.15) is 48.1 Å². The van der Waals surface area contributed by atoms with Crippen molar-refractivity contribution < 1.29 is 13.2 Å². The van der Waals surface area contributed by atoms with Crippen LogP contribution in [0.4, 0.5) is 13.2 Å². The summed E-state index contributed by atoms with van der Waals surface area (Å²) in [5.74, 6) is 1.27. The summed E-state index contributed by atoms with van der Waals surface area (Å²) in [6, 6.07) is 4.65. The molecule has 1 aromatic carbocycles. The molecule has 0 spiro atoms. The third-order valence-electron chi connectivity index (χ3n) is 5.48. The molecule has 1 aliphatic heterocycles. The second kappa shape index (κ2) is 8.66. The predicted octanol–water partition coefficient (Wildman–Crippen LogP) is 4.08. The van der Waals surface area contributed by atoms with Gasteiger partial charge in [0.25, 0.3) is 5.56 Å². The van der Waals surface area contributed by atoms with E-state index in [1.165, 1.54) is 12.1 Å². The minimum atomic E-state index is -4.40. The Bertz CT molecular complexity index is 1100. The molecule has 4 rings (SSSR count). The zero-order valence-electron chi connectivity index (χ0n) is 17.2. The van der Waals surface area contributed by atoms with E-state index < -0.39 is 11.7 Å². The summed E-state index contributed by atoms with van der Waals surface area (Å²) in [5.41, 5.74) is 1.78. The first-order valence-corrected chi connectivity index (χ1v) is 10.4. The fourth-order valence-corrected chi connectivity index (χ4v) is 3.77. The van der Waals surface area contributed by atoms with E-state index in [1.54, 1.807) is 0 Å². The molecule has 1 aliphatic rings. The Labute approximate surface area is 177 Å². The number of fused-ring (bicyclic) bond motifs is 1. The number of benzene rings is 1. The van der Waals surface area contributed by atoms with Gasteiger partial charge in [0, 0.05) is 49.9 Å². The first-order valence-electron chi connectivity index (χ1n) is 10.4. The van der Waals surface area contributed by atoms with E-state index in [2.05, 4.69) is 31.8 Å². The average molecular weight is 431 g/mol. The van der Waals surface area contributed by atoms with Gasteiger partial charge < -0.3 is 9.97 Å². The minimum absolute atomic E-state index is 0.252. The van der Waals surface area contributed by atoms with E-state index in [1.807, 2.05) is 6.20 Å². The molecule has 0 atom stereocenters. The number of unbranched alkanes of at least 4 members (excludes halogenated alkanes) is 1. The van der Waals surface area contributed by atoms with Crippen molar-refractivity contribution in [3.05, 3.63) is 69.2 Å². The van der Waals surface area contributed by atoms with E-state index in [0.717, 1.165) is 49.5 Å². The Balaban J connectivity index is 1.48. The molecule has 9 heteroatoms. The number of nitrogens with one attached hydrogen (secondary N) is 2. The van der Waals surface area contributed by atoms with E-state index in [0.29, 0.717) is 42.2 Å². The maximum absolute atomic E-state index is 12.8. The summed E-state index contributed by atoms with van der Waals surface area (Å²) < 4.78 is 38.3. The van der Waals surface area contributed by atoms with Crippen molar-refractivity contribution >= 4 is 0 Å². The second-order valence-corrected chi connectivity index (χ2v) is 7.83. The van der Waals surface area contributed by atoms with Crippen molar-refractivity contribution in [1.82, 2.24) is 24.8 Å². The zero-order chi connectivity index (χ0) is 22.0. The maximum atomic E-state index is 12.8. The first kappa shape index (κ1) is 21.3. The molecule has 2 N–H and O–H groups in total. The lowest BCUT2D eigenvalue weighted by atomic mass is 10.1. The third-order valence-corrected chi connectivity index (χ3v) is 5.48. The number of nitrogens with zero attached hydrogens (tertiary/aromatic N) is 3. The van der Waals surface area contributed by atoms with Gasteiger partial charge in [0.15, 0.2) is 0 Å². The lowest BCUT2D eigenvalue weighted by molar-refractivity contribution is -0.137. The van der Waals surface area contributed by atoms with Crippen LogP contribution in [0.15, 0.2) is 35.3 Å². The Morgan fingerprint density at radius 1 is 1.16 bits per heavy atom. The smallest absolute Gasteiger partial charge is 0.345 e. The fourth-order valence-electron chi connectivity index (χ4n) is 3.77. The minimum Gasteiger partial charge on any atom is -0.345 e. The fraction of sp³-hybridized carbons (Fsp3) is 0.409. The molecule has 0 unspecified atom stereocenters. The number of hydrogen-bond donors (Lipinski definition) is 2. The molecular formula is C22H24F3N5O. The third kappa shape index (κ3) is 4.87. The first-order chi connectivity index (χ1) is 14.8. The number of aryl methyl sites for hydroxylation is 1. The van der Waals surface area contributed by atoms with Crippen molar-refractivity contribution in [3.8, 4) is 11.4 Å². The number of hydrogen-bond acceptors (Lipinski definition) is 4. The zero-order valence-corrected chi connectivity index (χ0v) is 17.2. The van der Waals surface area contributed by atoms with Gasteiger partial charge in [0.1, 0.15) is 11.6 Å². The summed E-state index contributed by atoms with van der Waals surface area (Å²) >= 11 is 0. The van der Waals surface area contributed by atoms with Crippen LogP contribution in [0.3, 0.4) is 0 Å². The van der Waals surface area contributed by atoms with Gasteiger partial charge in [0.05, 0.1) is 16.8 Å². The van der Waals surface area contributed by atoms with Crippen LogP contribution >= 0.6 is 0 Å². The highest BCUT2D eigenvalue weighted by Crippen LogP contribution is 2.30. The molecule has 164 valence electrons. The number of aromatic amines is 2. The summed E-state index contributed by atoms with van der Waals surface area (Å²) in [4.78, 5) is 29.9. The molecule has 0 fully saturated rings. The van der Waals surface area contributed by atoms with Gasteiger partial charge in [0.2, 0.25) is 0 Å².